The van der Waals surface area contributed by atoms with Crippen LogP contribution in [0.5, 0.6) is 0 Å². The van der Waals surface area contributed by atoms with E-state index in [0.717, 1.165) is 16.7 Å². The number of nitrogens with zero attached hydrogens (tertiary/aromatic N) is 1. The number of rotatable bonds is 9. The predicted molar refractivity (Wildman–Crippen MR) is 120 cm³/mol. The number of carbonyl (C=O) groups is 1. The van der Waals surface area contributed by atoms with Crippen LogP contribution < -0.4 is 0 Å². The average molecular weight is 422 g/mol. The lowest BCUT2D eigenvalue weighted by molar-refractivity contribution is -0.132. The van der Waals surface area contributed by atoms with Crippen molar-refractivity contribution < 1.29 is 13.2 Å². The van der Waals surface area contributed by atoms with Crippen LogP contribution in [0.25, 0.3) is 0 Å². The summed E-state index contributed by atoms with van der Waals surface area (Å²) >= 11 is 0. The summed E-state index contributed by atoms with van der Waals surface area (Å²) in [5.74, 6) is -0.0754. The van der Waals surface area contributed by atoms with E-state index in [-0.39, 0.29) is 18.1 Å². The van der Waals surface area contributed by atoms with Crippen molar-refractivity contribution in [2.24, 2.45) is 0 Å². The molecule has 0 radical (unpaired) electrons. The summed E-state index contributed by atoms with van der Waals surface area (Å²) in [6.07, 6.45) is 0.500. The molecule has 30 heavy (non-hydrogen) atoms. The van der Waals surface area contributed by atoms with Gasteiger partial charge in [0, 0.05) is 19.5 Å². The zero-order valence-corrected chi connectivity index (χ0v) is 18.0. The molecular weight excluding hydrogens is 394 g/mol. The molecule has 0 N–H and O–H groups in total. The van der Waals surface area contributed by atoms with Crippen molar-refractivity contribution >= 4 is 15.7 Å². The Labute approximate surface area is 179 Å². The van der Waals surface area contributed by atoms with Gasteiger partial charge >= 0.3 is 0 Å². The Bertz CT molecular complexity index is 1010. The van der Waals surface area contributed by atoms with E-state index in [0.29, 0.717) is 24.4 Å². The number of hydrogen-bond acceptors (Lipinski definition) is 3. The molecule has 0 aliphatic heterocycles. The maximum absolute atomic E-state index is 13.0. The van der Waals surface area contributed by atoms with E-state index >= 15 is 0 Å². The van der Waals surface area contributed by atoms with Gasteiger partial charge in [0.2, 0.25) is 5.91 Å². The normalized spacial score (nSPS) is 11.2. The molecule has 3 aromatic rings. The van der Waals surface area contributed by atoms with Crippen molar-refractivity contribution in [3.05, 3.63) is 102 Å². The molecule has 5 heteroatoms. The van der Waals surface area contributed by atoms with Crippen molar-refractivity contribution in [3.63, 3.8) is 0 Å². The molecule has 0 aliphatic rings. The molecule has 3 aromatic carbocycles. The maximum Gasteiger partial charge on any atom is 0.223 e. The standard InChI is InChI=1S/C25H27NO3S/c1-21-14-16-24(17-15-21)30(28,29)18-8-13-25(27)26(19-22-9-4-2-5-10-22)20-23-11-6-3-7-12-23/h2-7,9-12,14-17H,8,13,18-20H2,1H3. The molecule has 0 aromatic heterocycles. The second kappa shape index (κ2) is 10.2. The zero-order chi connectivity index (χ0) is 21.4. The summed E-state index contributed by atoms with van der Waals surface area (Å²) in [5, 5.41) is 0. The summed E-state index contributed by atoms with van der Waals surface area (Å²) in [7, 11) is -3.39. The van der Waals surface area contributed by atoms with Gasteiger partial charge in [0.25, 0.3) is 0 Å². The summed E-state index contributed by atoms with van der Waals surface area (Å²) in [4.78, 5) is 15.1. The van der Waals surface area contributed by atoms with Crippen LogP contribution in [0.2, 0.25) is 0 Å². The predicted octanol–water partition coefficient (Wildman–Crippen LogP) is 4.78. The lowest BCUT2D eigenvalue weighted by Gasteiger charge is -2.23. The highest BCUT2D eigenvalue weighted by Gasteiger charge is 2.18. The molecule has 0 bridgehead atoms. The van der Waals surface area contributed by atoms with Gasteiger partial charge in [-0.05, 0) is 36.6 Å². The zero-order valence-electron chi connectivity index (χ0n) is 17.2. The van der Waals surface area contributed by atoms with Crippen LogP contribution in [0, 0.1) is 6.92 Å². The Kier molecular flexibility index (Phi) is 7.41. The minimum absolute atomic E-state index is 0.0354. The van der Waals surface area contributed by atoms with E-state index in [1.165, 1.54) is 0 Å². The van der Waals surface area contributed by atoms with Crippen LogP contribution in [0.1, 0.15) is 29.5 Å². The highest BCUT2D eigenvalue weighted by molar-refractivity contribution is 7.91. The first-order valence-electron chi connectivity index (χ1n) is 10.1. The van der Waals surface area contributed by atoms with E-state index in [4.69, 9.17) is 0 Å². The van der Waals surface area contributed by atoms with Crippen LogP contribution >= 0.6 is 0 Å². The van der Waals surface area contributed by atoms with Crippen molar-refractivity contribution in [1.82, 2.24) is 4.90 Å². The first kappa shape index (κ1) is 21.8. The second-order valence-electron chi connectivity index (χ2n) is 7.46. The third kappa shape index (κ3) is 6.29. The van der Waals surface area contributed by atoms with E-state index in [1.54, 1.807) is 29.2 Å². The molecule has 0 spiro atoms. The minimum Gasteiger partial charge on any atom is -0.334 e. The van der Waals surface area contributed by atoms with Gasteiger partial charge in [0.15, 0.2) is 9.84 Å². The maximum atomic E-state index is 13.0. The number of amides is 1. The van der Waals surface area contributed by atoms with Gasteiger partial charge in [0.1, 0.15) is 0 Å². The van der Waals surface area contributed by atoms with E-state index in [1.807, 2.05) is 67.6 Å². The van der Waals surface area contributed by atoms with Gasteiger partial charge in [-0.15, -0.1) is 0 Å². The van der Waals surface area contributed by atoms with Crippen LogP contribution in [-0.4, -0.2) is 25.0 Å². The van der Waals surface area contributed by atoms with Gasteiger partial charge in [0.05, 0.1) is 10.6 Å². The lowest BCUT2D eigenvalue weighted by Crippen LogP contribution is -2.30. The Morgan fingerprint density at radius 3 is 1.77 bits per heavy atom. The van der Waals surface area contributed by atoms with Crippen LogP contribution in [0.4, 0.5) is 0 Å². The monoisotopic (exact) mass is 421 g/mol. The van der Waals surface area contributed by atoms with E-state index in [2.05, 4.69) is 0 Å². The Balaban J connectivity index is 1.64. The van der Waals surface area contributed by atoms with Crippen LogP contribution in [0.3, 0.4) is 0 Å². The molecule has 0 aliphatic carbocycles. The van der Waals surface area contributed by atoms with Gasteiger partial charge in [-0.3, -0.25) is 4.79 Å². The van der Waals surface area contributed by atoms with Crippen LogP contribution in [0.15, 0.2) is 89.8 Å². The molecule has 156 valence electrons. The van der Waals surface area contributed by atoms with Gasteiger partial charge < -0.3 is 4.90 Å². The number of sulfone groups is 1. The lowest BCUT2D eigenvalue weighted by atomic mass is 10.1. The quantitative estimate of drug-likeness (QED) is 0.500. The fourth-order valence-corrected chi connectivity index (χ4v) is 4.59. The molecule has 0 atom stereocenters. The number of hydrogen-bond donors (Lipinski definition) is 0. The highest BCUT2D eigenvalue weighted by atomic mass is 32.2. The molecule has 0 fully saturated rings. The third-order valence-corrected chi connectivity index (χ3v) is 6.79. The van der Waals surface area contributed by atoms with E-state index < -0.39 is 9.84 Å². The fourth-order valence-electron chi connectivity index (χ4n) is 3.27. The molecule has 4 nitrogen and oxygen atoms in total. The average Bonchev–Trinajstić information content (AvgIpc) is 2.75. The van der Waals surface area contributed by atoms with Gasteiger partial charge in [-0.2, -0.15) is 0 Å². The number of carbonyl (C=O) groups excluding carboxylic acids is 1. The molecule has 0 saturated carbocycles. The number of benzene rings is 3. The van der Waals surface area contributed by atoms with E-state index in [9.17, 15) is 13.2 Å². The Hall–Kier alpha value is -2.92. The smallest absolute Gasteiger partial charge is 0.223 e. The molecule has 0 heterocycles. The van der Waals surface area contributed by atoms with Crippen molar-refractivity contribution in [3.8, 4) is 0 Å². The summed E-state index contributed by atoms with van der Waals surface area (Å²) < 4.78 is 25.1. The topological polar surface area (TPSA) is 54.5 Å². The van der Waals surface area contributed by atoms with Crippen molar-refractivity contribution in [2.75, 3.05) is 5.75 Å². The fraction of sp³-hybridized carbons (Fsp3) is 0.240. The second-order valence-corrected chi connectivity index (χ2v) is 9.57. The van der Waals surface area contributed by atoms with Crippen molar-refractivity contribution in [1.29, 1.82) is 0 Å². The van der Waals surface area contributed by atoms with Crippen molar-refractivity contribution in [2.45, 2.75) is 37.8 Å². The van der Waals surface area contributed by atoms with Crippen LogP contribution in [-0.2, 0) is 27.7 Å². The molecular formula is C25H27NO3S. The minimum atomic E-state index is -3.39. The highest BCUT2D eigenvalue weighted by Crippen LogP contribution is 2.16. The molecule has 1 amide bonds. The molecule has 0 unspecified atom stereocenters. The Morgan fingerprint density at radius 2 is 1.27 bits per heavy atom. The Morgan fingerprint density at radius 1 is 0.767 bits per heavy atom. The first-order valence-corrected chi connectivity index (χ1v) is 11.7. The first-order chi connectivity index (χ1) is 14.4. The summed E-state index contributed by atoms with van der Waals surface area (Å²) in [6, 6.07) is 26.5. The van der Waals surface area contributed by atoms with Gasteiger partial charge in [-0.25, -0.2) is 8.42 Å². The number of aryl methyl sites for hydroxylation is 1. The molecule has 3 rings (SSSR count). The summed E-state index contributed by atoms with van der Waals surface area (Å²) in [6.45, 7) is 2.92. The third-order valence-electron chi connectivity index (χ3n) is 4.97. The molecule has 0 saturated heterocycles. The largest absolute Gasteiger partial charge is 0.334 e. The summed E-state index contributed by atoms with van der Waals surface area (Å²) in [5.41, 5.74) is 3.12. The SMILES string of the molecule is Cc1ccc(S(=O)(=O)CCCC(=O)N(Cc2ccccc2)Cc2ccccc2)cc1. The van der Waals surface area contributed by atoms with Gasteiger partial charge in [-0.1, -0.05) is 78.4 Å².